The van der Waals surface area contributed by atoms with E-state index < -0.39 is 0 Å². The summed E-state index contributed by atoms with van der Waals surface area (Å²) in [6.45, 7) is 9.48. The molecule has 0 aliphatic heterocycles. The molecule has 2 nitrogen and oxygen atoms in total. The zero-order chi connectivity index (χ0) is 12.2. The van der Waals surface area contributed by atoms with Gasteiger partial charge in [-0.25, -0.2) is 0 Å². The minimum Gasteiger partial charge on any atom is -0.380 e. The lowest BCUT2D eigenvalue weighted by Crippen LogP contribution is -2.33. The molecule has 0 saturated carbocycles. The largest absolute Gasteiger partial charge is 0.380 e. The van der Waals surface area contributed by atoms with Gasteiger partial charge in [-0.3, -0.25) is 0 Å². The molecule has 0 aliphatic rings. The van der Waals surface area contributed by atoms with Crippen molar-refractivity contribution in [2.24, 2.45) is 5.73 Å². The highest BCUT2D eigenvalue weighted by atomic mass is 15.0. The molecule has 1 rings (SSSR count). The molecule has 2 heteroatoms. The summed E-state index contributed by atoms with van der Waals surface area (Å²) >= 11 is 0. The molecule has 0 atom stereocenters. The van der Waals surface area contributed by atoms with Gasteiger partial charge in [0.05, 0.1) is 0 Å². The standard InChI is InChI=1S/C14H24N2/c1-11(2)12-5-7-13(8-6-12)16-14(3,4)9-10-15/h5-8,11,16H,9-10,15H2,1-4H3. The van der Waals surface area contributed by atoms with E-state index in [2.05, 4.69) is 57.3 Å². The van der Waals surface area contributed by atoms with Crippen molar-refractivity contribution in [2.75, 3.05) is 11.9 Å². The second kappa shape index (κ2) is 5.35. The third-order valence-corrected chi connectivity index (χ3v) is 2.83. The Kier molecular flexibility index (Phi) is 4.36. The van der Waals surface area contributed by atoms with Crippen LogP contribution in [0.1, 0.15) is 45.6 Å². The van der Waals surface area contributed by atoms with Crippen molar-refractivity contribution in [2.45, 2.75) is 45.6 Å². The predicted octanol–water partition coefficient (Wildman–Crippen LogP) is 3.35. The lowest BCUT2D eigenvalue weighted by atomic mass is 9.99. The second-order valence-electron chi connectivity index (χ2n) is 5.32. The quantitative estimate of drug-likeness (QED) is 0.798. The molecular weight excluding hydrogens is 196 g/mol. The van der Waals surface area contributed by atoms with Crippen LogP contribution in [0.15, 0.2) is 24.3 Å². The first kappa shape index (κ1) is 13.0. The average Bonchev–Trinajstić information content (AvgIpc) is 2.17. The molecule has 1 aromatic carbocycles. The first-order valence-corrected chi connectivity index (χ1v) is 6.03. The fraction of sp³-hybridized carbons (Fsp3) is 0.571. The summed E-state index contributed by atoms with van der Waals surface area (Å²) in [7, 11) is 0. The zero-order valence-corrected chi connectivity index (χ0v) is 10.9. The van der Waals surface area contributed by atoms with E-state index in [1.807, 2.05) is 0 Å². The van der Waals surface area contributed by atoms with Crippen LogP contribution >= 0.6 is 0 Å². The van der Waals surface area contributed by atoms with Crippen molar-refractivity contribution in [3.8, 4) is 0 Å². The first-order valence-electron chi connectivity index (χ1n) is 6.03. The smallest absolute Gasteiger partial charge is 0.0344 e. The van der Waals surface area contributed by atoms with Crippen LogP contribution in [0.5, 0.6) is 0 Å². The van der Waals surface area contributed by atoms with Crippen LogP contribution in [-0.4, -0.2) is 12.1 Å². The molecule has 0 amide bonds. The van der Waals surface area contributed by atoms with E-state index in [0.717, 1.165) is 6.42 Å². The van der Waals surface area contributed by atoms with Gasteiger partial charge in [0, 0.05) is 11.2 Å². The third kappa shape index (κ3) is 3.86. The summed E-state index contributed by atoms with van der Waals surface area (Å²) in [6.07, 6.45) is 0.971. The lowest BCUT2D eigenvalue weighted by Gasteiger charge is -2.27. The molecule has 0 unspecified atom stereocenters. The molecule has 0 saturated heterocycles. The summed E-state index contributed by atoms with van der Waals surface area (Å²) in [5.41, 5.74) is 8.20. The molecule has 0 fully saturated rings. The second-order valence-corrected chi connectivity index (χ2v) is 5.32. The van der Waals surface area contributed by atoms with Crippen molar-refractivity contribution in [1.82, 2.24) is 0 Å². The molecule has 16 heavy (non-hydrogen) atoms. The average molecular weight is 220 g/mol. The SMILES string of the molecule is CC(C)c1ccc(NC(C)(C)CCN)cc1. The van der Waals surface area contributed by atoms with Crippen molar-refractivity contribution < 1.29 is 0 Å². The Morgan fingerprint density at radius 1 is 1.19 bits per heavy atom. The maximum absolute atomic E-state index is 5.59. The summed E-state index contributed by atoms with van der Waals surface area (Å²) < 4.78 is 0. The minimum atomic E-state index is 0.0636. The number of benzene rings is 1. The van der Waals surface area contributed by atoms with Crippen LogP contribution in [0, 0.1) is 0 Å². The van der Waals surface area contributed by atoms with Gasteiger partial charge in [0.15, 0.2) is 0 Å². The van der Waals surface area contributed by atoms with Crippen LogP contribution in [-0.2, 0) is 0 Å². The van der Waals surface area contributed by atoms with Gasteiger partial charge in [0.25, 0.3) is 0 Å². The molecule has 3 N–H and O–H groups in total. The lowest BCUT2D eigenvalue weighted by molar-refractivity contribution is 0.526. The minimum absolute atomic E-state index is 0.0636. The van der Waals surface area contributed by atoms with Crippen LogP contribution < -0.4 is 11.1 Å². The molecule has 90 valence electrons. The summed E-state index contributed by atoms with van der Waals surface area (Å²) in [6, 6.07) is 8.66. The molecule has 0 bridgehead atoms. The summed E-state index contributed by atoms with van der Waals surface area (Å²) in [5.74, 6) is 0.589. The van der Waals surface area contributed by atoms with Crippen molar-refractivity contribution >= 4 is 5.69 Å². The van der Waals surface area contributed by atoms with Crippen LogP contribution in [0.3, 0.4) is 0 Å². The van der Waals surface area contributed by atoms with E-state index in [4.69, 9.17) is 5.73 Å². The molecule has 1 aromatic rings. The van der Waals surface area contributed by atoms with Crippen molar-refractivity contribution in [3.05, 3.63) is 29.8 Å². The first-order chi connectivity index (χ1) is 7.44. The van der Waals surface area contributed by atoms with Gasteiger partial charge < -0.3 is 11.1 Å². The van der Waals surface area contributed by atoms with E-state index >= 15 is 0 Å². The molecule has 0 heterocycles. The monoisotopic (exact) mass is 220 g/mol. The Morgan fingerprint density at radius 2 is 1.75 bits per heavy atom. The predicted molar refractivity (Wildman–Crippen MR) is 71.9 cm³/mol. The highest BCUT2D eigenvalue weighted by molar-refractivity contribution is 5.47. The maximum Gasteiger partial charge on any atom is 0.0344 e. The van der Waals surface area contributed by atoms with E-state index in [9.17, 15) is 0 Å². The Bertz CT molecular complexity index is 312. The number of hydrogen-bond acceptors (Lipinski definition) is 2. The van der Waals surface area contributed by atoms with E-state index in [1.54, 1.807) is 0 Å². The Morgan fingerprint density at radius 3 is 2.19 bits per heavy atom. The summed E-state index contributed by atoms with van der Waals surface area (Å²) in [5, 5.41) is 3.51. The van der Waals surface area contributed by atoms with Gasteiger partial charge in [-0.1, -0.05) is 26.0 Å². The number of anilines is 1. The van der Waals surface area contributed by atoms with Gasteiger partial charge in [-0.15, -0.1) is 0 Å². The molecule has 0 aromatic heterocycles. The van der Waals surface area contributed by atoms with Crippen LogP contribution in [0.4, 0.5) is 5.69 Å². The summed E-state index contributed by atoms with van der Waals surface area (Å²) in [4.78, 5) is 0. The van der Waals surface area contributed by atoms with Crippen LogP contribution in [0.2, 0.25) is 0 Å². The van der Waals surface area contributed by atoms with Gasteiger partial charge >= 0.3 is 0 Å². The van der Waals surface area contributed by atoms with Gasteiger partial charge in [-0.05, 0) is 50.4 Å². The maximum atomic E-state index is 5.59. The highest BCUT2D eigenvalue weighted by Crippen LogP contribution is 2.21. The Balaban J connectivity index is 2.68. The molecular formula is C14H24N2. The normalized spacial score (nSPS) is 11.9. The van der Waals surface area contributed by atoms with E-state index in [0.29, 0.717) is 12.5 Å². The number of rotatable bonds is 5. The number of hydrogen-bond donors (Lipinski definition) is 2. The number of nitrogens with two attached hydrogens (primary N) is 1. The van der Waals surface area contributed by atoms with Crippen molar-refractivity contribution in [1.29, 1.82) is 0 Å². The fourth-order valence-electron chi connectivity index (χ4n) is 1.77. The van der Waals surface area contributed by atoms with Gasteiger partial charge in [-0.2, -0.15) is 0 Å². The van der Waals surface area contributed by atoms with Gasteiger partial charge in [0.2, 0.25) is 0 Å². The highest BCUT2D eigenvalue weighted by Gasteiger charge is 2.15. The Hall–Kier alpha value is -1.02. The zero-order valence-electron chi connectivity index (χ0n) is 10.9. The van der Waals surface area contributed by atoms with E-state index in [-0.39, 0.29) is 5.54 Å². The number of nitrogens with one attached hydrogen (secondary N) is 1. The third-order valence-electron chi connectivity index (χ3n) is 2.83. The molecule has 0 aliphatic carbocycles. The van der Waals surface area contributed by atoms with E-state index in [1.165, 1.54) is 11.3 Å². The van der Waals surface area contributed by atoms with Crippen LogP contribution in [0.25, 0.3) is 0 Å². The fourth-order valence-corrected chi connectivity index (χ4v) is 1.77. The van der Waals surface area contributed by atoms with Gasteiger partial charge in [0.1, 0.15) is 0 Å². The topological polar surface area (TPSA) is 38.0 Å². The van der Waals surface area contributed by atoms with Crippen molar-refractivity contribution in [3.63, 3.8) is 0 Å². The molecule has 0 radical (unpaired) electrons. The molecule has 0 spiro atoms. The Labute approximate surface area is 99.2 Å².